The largest absolute Gasteiger partial charge is 0.459 e. The number of hydrogen-bond donors (Lipinski definition) is 1. The minimum Gasteiger partial charge on any atom is -0.459 e. The summed E-state index contributed by atoms with van der Waals surface area (Å²) >= 11 is 6.09. The Morgan fingerprint density at radius 2 is 2.05 bits per heavy atom. The molecule has 0 amide bonds. The first-order chi connectivity index (χ1) is 9.65. The van der Waals surface area contributed by atoms with Crippen LogP contribution in [-0.4, -0.2) is 6.54 Å². The molecular weight excluding hydrogens is 277 g/mol. The van der Waals surface area contributed by atoms with Crippen LogP contribution in [0.4, 0.5) is 4.39 Å². The Labute approximate surface area is 123 Å². The summed E-state index contributed by atoms with van der Waals surface area (Å²) in [7, 11) is 0. The van der Waals surface area contributed by atoms with Crippen molar-refractivity contribution >= 4 is 11.6 Å². The zero-order chi connectivity index (χ0) is 14.5. The number of rotatable bonds is 6. The van der Waals surface area contributed by atoms with E-state index in [1.54, 1.807) is 6.07 Å². The van der Waals surface area contributed by atoms with E-state index in [4.69, 9.17) is 16.0 Å². The van der Waals surface area contributed by atoms with Crippen molar-refractivity contribution in [2.45, 2.75) is 32.7 Å². The molecule has 2 nitrogen and oxygen atoms in total. The van der Waals surface area contributed by atoms with E-state index < -0.39 is 0 Å². The van der Waals surface area contributed by atoms with Gasteiger partial charge >= 0.3 is 0 Å². The Morgan fingerprint density at radius 3 is 2.75 bits per heavy atom. The third-order valence-electron chi connectivity index (χ3n) is 3.21. The number of furan rings is 1. The van der Waals surface area contributed by atoms with Crippen molar-refractivity contribution in [3.8, 4) is 11.3 Å². The van der Waals surface area contributed by atoms with E-state index in [1.165, 1.54) is 12.1 Å². The molecule has 0 saturated carbocycles. The summed E-state index contributed by atoms with van der Waals surface area (Å²) in [5, 5.41) is 3.91. The smallest absolute Gasteiger partial charge is 0.135 e. The number of benzene rings is 1. The van der Waals surface area contributed by atoms with Gasteiger partial charge in [-0.15, -0.1) is 0 Å². The number of nitrogens with one attached hydrogen (secondary N) is 1. The van der Waals surface area contributed by atoms with Crippen molar-refractivity contribution in [3.63, 3.8) is 0 Å². The predicted octanol–water partition coefficient (Wildman–Crippen LogP) is 5.19. The van der Waals surface area contributed by atoms with Gasteiger partial charge in [0.1, 0.15) is 17.3 Å². The second-order valence-corrected chi connectivity index (χ2v) is 5.15. The van der Waals surface area contributed by atoms with Crippen LogP contribution in [0.5, 0.6) is 0 Å². The van der Waals surface area contributed by atoms with Crippen LogP contribution in [0.2, 0.25) is 5.02 Å². The Balaban J connectivity index is 2.25. The van der Waals surface area contributed by atoms with Gasteiger partial charge in [-0.05, 0) is 49.7 Å². The van der Waals surface area contributed by atoms with Crippen LogP contribution in [0.1, 0.15) is 38.5 Å². The molecule has 0 aliphatic heterocycles. The maximum absolute atomic E-state index is 13.3. The fourth-order valence-electron chi connectivity index (χ4n) is 2.14. The highest BCUT2D eigenvalue weighted by atomic mass is 35.5. The lowest BCUT2D eigenvalue weighted by atomic mass is 10.1. The van der Waals surface area contributed by atoms with Crippen molar-refractivity contribution < 1.29 is 8.81 Å². The van der Waals surface area contributed by atoms with E-state index in [1.807, 2.05) is 12.1 Å². The molecule has 0 bridgehead atoms. The fraction of sp³-hybridized carbons (Fsp3) is 0.375. The zero-order valence-corrected chi connectivity index (χ0v) is 12.5. The summed E-state index contributed by atoms with van der Waals surface area (Å²) in [6, 6.07) is 8.22. The van der Waals surface area contributed by atoms with Gasteiger partial charge in [-0.1, -0.05) is 25.4 Å². The summed E-state index contributed by atoms with van der Waals surface area (Å²) in [6.07, 6.45) is 2.00. The molecule has 1 N–H and O–H groups in total. The Morgan fingerprint density at radius 1 is 1.25 bits per heavy atom. The van der Waals surface area contributed by atoms with Crippen LogP contribution >= 0.6 is 11.6 Å². The first-order valence-electron chi connectivity index (χ1n) is 6.94. The lowest BCUT2D eigenvalue weighted by molar-refractivity contribution is 0.411. The van der Waals surface area contributed by atoms with Crippen molar-refractivity contribution in [1.82, 2.24) is 5.32 Å². The summed E-state index contributed by atoms with van der Waals surface area (Å²) in [5.41, 5.74) is 0.586. The Hall–Kier alpha value is -1.32. The molecule has 0 aliphatic carbocycles. The minimum atomic E-state index is -0.321. The van der Waals surface area contributed by atoms with E-state index in [2.05, 4.69) is 19.2 Å². The van der Waals surface area contributed by atoms with Crippen LogP contribution in [0.15, 0.2) is 34.7 Å². The fourth-order valence-corrected chi connectivity index (χ4v) is 2.35. The van der Waals surface area contributed by atoms with Gasteiger partial charge in [0.2, 0.25) is 0 Å². The van der Waals surface area contributed by atoms with E-state index in [0.29, 0.717) is 16.3 Å². The standard InChI is InChI=1S/C16H19ClFNO/c1-3-9-19-14(4-2)16-8-7-15(20-16)12-10-11(18)5-6-13(12)17/h5-8,10,14,19H,3-4,9H2,1-2H3. The number of halogens is 2. The molecule has 1 atom stereocenters. The second-order valence-electron chi connectivity index (χ2n) is 4.74. The lowest BCUT2D eigenvalue weighted by Crippen LogP contribution is -2.20. The molecule has 1 unspecified atom stereocenters. The second kappa shape index (κ2) is 6.91. The maximum atomic E-state index is 13.3. The molecule has 1 heterocycles. The third-order valence-corrected chi connectivity index (χ3v) is 3.54. The van der Waals surface area contributed by atoms with E-state index in [9.17, 15) is 4.39 Å². The molecular formula is C16H19ClFNO. The van der Waals surface area contributed by atoms with E-state index in [-0.39, 0.29) is 11.9 Å². The summed E-state index contributed by atoms with van der Waals surface area (Å²) in [5.74, 6) is 1.14. The topological polar surface area (TPSA) is 25.2 Å². The molecule has 0 radical (unpaired) electrons. The van der Waals surface area contributed by atoms with Crippen LogP contribution in [0.25, 0.3) is 11.3 Å². The normalized spacial score (nSPS) is 12.6. The lowest BCUT2D eigenvalue weighted by Gasteiger charge is -2.13. The summed E-state index contributed by atoms with van der Waals surface area (Å²) < 4.78 is 19.2. The van der Waals surface area contributed by atoms with Crippen molar-refractivity contribution in [1.29, 1.82) is 0 Å². The molecule has 1 aromatic carbocycles. The van der Waals surface area contributed by atoms with Gasteiger partial charge in [0.25, 0.3) is 0 Å². The molecule has 0 fully saturated rings. The van der Waals surface area contributed by atoms with E-state index in [0.717, 1.165) is 25.1 Å². The molecule has 20 heavy (non-hydrogen) atoms. The van der Waals surface area contributed by atoms with Gasteiger partial charge in [-0.3, -0.25) is 0 Å². The highest BCUT2D eigenvalue weighted by Gasteiger charge is 2.15. The van der Waals surface area contributed by atoms with Gasteiger partial charge in [-0.25, -0.2) is 4.39 Å². The average Bonchev–Trinajstić information content (AvgIpc) is 2.92. The van der Waals surface area contributed by atoms with Crippen LogP contribution in [-0.2, 0) is 0 Å². The molecule has 0 saturated heterocycles. The molecule has 1 aromatic heterocycles. The molecule has 108 valence electrons. The monoisotopic (exact) mass is 295 g/mol. The average molecular weight is 296 g/mol. The Kier molecular flexibility index (Phi) is 5.21. The summed E-state index contributed by atoms with van der Waals surface area (Å²) in [4.78, 5) is 0. The minimum absolute atomic E-state index is 0.177. The highest BCUT2D eigenvalue weighted by molar-refractivity contribution is 6.33. The van der Waals surface area contributed by atoms with Crippen molar-refractivity contribution in [3.05, 3.63) is 46.9 Å². The first kappa shape index (κ1) is 15.1. The maximum Gasteiger partial charge on any atom is 0.135 e. The summed E-state index contributed by atoms with van der Waals surface area (Å²) in [6.45, 7) is 5.17. The zero-order valence-electron chi connectivity index (χ0n) is 11.7. The molecule has 2 rings (SSSR count). The van der Waals surface area contributed by atoms with Gasteiger partial charge < -0.3 is 9.73 Å². The van der Waals surface area contributed by atoms with Gasteiger partial charge in [0, 0.05) is 5.56 Å². The molecule has 2 aromatic rings. The van der Waals surface area contributed by atoms with E-state index >= 15 is 0 Å². The Bertz CT molecular complexity index is 567. The predicted molar refractivity (Wildman–Crippen MR) is 80.4 cm³/mol. The SMILES string of the molecule is CCCNC(CC)c1ccc(-c2cc(F)ccc2Cl)o1. The van der Waals surface area contributed by atoms with Crippen molar-refractivity contribution in [2.75, 3.05) is 6.54 Å². The highest BCUT2D eigenvalue weighted by Crippen LogP contribution is 2.32. The van der Waals surface area contributed by atoms with Gasteiger partial charge in [0.05, 0.1) is 11.1 Å². The first-order valence-corrected chi connectivity index (χ1v) is 7.32. The van der Waals surface area contributed by atoms with Crippen LogP contribution < -0.4 is 5.32 Å². The number of hydrogen-bond acceptors (Lipinski definition) is 2. The van der Waals surface area contributed by atoms with Crippen molar-refractivity contribution in [2.24, 2.45) is 0 Å². The van der Waals surface area contributed by atoms with Gasteiger partial charge in [-0.2, -0.15) is 0 Å². The third kappa shape index (κ3) is 3.41. The van der Waals surface area contributed by atoms with Crippen LogP contribution in [0.3, 0.4) is 0 Å². The van der Waals surface area contributed by atoms with Gasteiger partial charge in [0.15, 0.2) is 0 Å². The van der Waals surface area contributed by atoms with Crippen LogP contribution in [0, 0.1) is 5.82 Å². The quantitative estimate of drug-likeness (QED) is 0.793. The molecule has 0 aliphatic rings. The molecule has 0 spiro atoms. The molecule has 4 heteroatoms.